The van der Waals surface area contributed by atoms with Crippen LogP contribution >= 0.6 is 0 Å². The molecule has 0 aromatic heterocycles. The van der Waals surface area contributed by atoms with Gasteiger partial charge >= 0.3 is 0 Å². The first kappa shape index (κ1) is 14.9. The van der Waals surface area contributed by atoms with Crippen molar-refractivity contribution < 1.29 is 18.3 Å². The Bertz CT molecular complexity index is 675. The van der Waals surface area contributed by atoms with Gasteiger partial charge in [-0.05, 0) is 29.8 Å². The third-order valence-corrected chi connectivity index (χ3v) is 2.84. The van der Waals surface area contributed by atoms with Crippen molar-refractivity contribution in [3.63, 3.8) is 0 Å². The second-order valence-electron chi connectivity index (χ2n) is 4.41. The van der Waals surface area contributed by atoms with Gasteiger partial charge in [-0.1, -0.05) is 12.1 Å². The molecule has 2 rings (SSSR count). The van der Waals surface area contributed by atoms with Gasteiger partial charge in [0.25, 0.3) is 5.91 Å². The second-order valence-corrected chi connectivity index (χ2v) is 4.41. The van der Waals surface area contributed by atoms with E-state index in [1.807, 2.05) is 0 Å². The number of methoxy groups -OCH3 is 1. The Labute approximate surface area is 120 Å². The fourth-order valence-electron chi connectivity index (χ4n) is 1.88. The smallest absolute Gasteiger partial charge is 0.261 e. The molecule has 0 aliphatic heterocycles. The number of nitrogens with one attached hydrogen (secondary N) is 1. The number of nitrogen functional groups attached to an aromatic ring is 1. The summed E-state index contributed by atoms with van der Waals surface area (Å²) in [5.41, 5.74) is 5.60. The van der Waals surface area contributed by atoms with E-state index in [0.717, 1.165) is 17.7 Å². The Kier molecular flexibility index (Phi) is 4.49. The Morgan fingerprint density at radius 1 is 1.29 bits per heavy atom. The van der Waals surface area contributed by atoms with Gasteiger partial charge in [-0.25, -0.2) is 8.78 Å². The summed E-state index contributed by atoms with van der Waals surface area (Å²) in [5, 5.41) is 2.44. The third-order valence-electron chi connectivity index (χ3n) is 2.84. The zero-order valence-electron chi connectivity index (χ0n) is 11.3. The molecule has 0 heterocycles. The maximum absolute atomic E-state index is 13.8. The number of rotatable bonds is 4. The molecule has 3 N–H and O–H groups in total. The van der Waals surface area contributed by atoms with Gasteiger partial charge < -0.3 is 15.8 Å². The van der Waals surface area contributed by atoms with Gasteiger partial charge in [0.05, 0.1) is 12.3 Å². The minimum atomic E-state index is -1.07. The second kappa shape index (κ2) is 6.32. The van der Waals surface area contributed by atoms with E-state index in [9.17, 15) is 13.6 Å². The summed E-state index contributed by atoms with van der Waals surface area (Å²) in [7, 11) is 1.54. The zero-order chi connectivity index (χ0) is 15.4. The van der Waals surface area contributed by atoms with Gasteiger partial charge in [0.15, 0.2) is 5.82 Å². The maximum Gasteiger partial charge on any atom is 0.261 e. The first-order valence-electron chi connectivity index (χ1n) is 6.15. The van der Waals surface area contributed by atoms with Crippen molar-refractivity contribution in [1.82, 2.24) is 0 Å². The molecule has 0 unspecified atom stereocenters. The third kappa shape index (κ3) is 3.35. The summed E-state index contributed by atoms with van der Waals surface area (Å²) in [6, 6.07) is 8.80. The minimum Gasteiger partial charge on any atom is -0.396 e. The van der Waals surface area contributed by atoms with Crippen LogP contribution < -0.4 is 11.1 Å². The molecule has 2 aromatic rings. The molecule has 0 spiro atoms. The summed E-state index contributed by atoms with van der Waals surface area (Å²) < 4.78 is 32.4. The Balaban J connectivity index is 2.26. The van der Waals surface area contributed by atoms with Crippen LogP contribution in [0.1, 0.15) is 15.9 Å². The highest BCUT2D eigenvalue weighted by atomic mass is 19.1. The lowest BCUT2D eigenvalue weighted by atomic mass is 10.1. The summed E-state index contributed by atoms with van der Waals surface area (Å²) in [6.45, 7) is 0.366. The van der Waals surface area contributed by atoms with Crippen molar-refractivity contribution >= 4 is 17.3 Å². The lowest BCUT2D eigenvalue weighted by Crippen LogP contribution is -2.17. The molecular formula is C15H14F2N2O2. The number of carbonyl (C=O) groups excluding carboxylic acids is 1. The Morgan fingerprint density at radius 3 is 2.76 bits per heavy atom. The van der Waals surface area contributed by atoms with E-state index in [1.54, 1.807) is 31.4 Å². The molecule has 0 atom stereocenters. The molecule has 1 amide bonds. The largest absolute Gasteiger partial charge is 0.396 e. The van der Waals surface area contributed by atoms with Crippen molar-refractivity contribution in [2.75, 3.05) is 18.2 Å². The number of ether oxygens (including phenoxy) is 1. The SMILES string of the molecule is COCc1cccc(NC(=O)c2c(F)ccc(N)c2F)c1. The van der Waals surface area contributed by atoms with Gasteiger partial charge in [-0.2, -0.15) is 0 Å². The van der Waals surface area contributed by atoms with Crippen molar-refractivity contribution in [2.45, 2.75) is 6.61 Å². The first-order chi connectivity index (χ1) is 10.0. The van der Waals surface area contributed by atoms with Crippen LogP contribution in [0.5, 0.6) is 0 Å². The van der Waals surface area contributed by atoms with E-state index in [4.69, 9.17) is 10.5 Å². The van der Waals surface area contributed by atoms with Gasteiger partial charge in [-0.15, -0.1) is 0 Å². The number of hydrogen-bond donors (Lipinski definition) is 2. The van der Waals surface area contributed by atoms with Gasteiger partial charge in [0, 0.05) is 12.8 Å². The average molecular weight is 292 g/mol. The number of anilines is 2. The van der Waals surface area contributed by atoms with Crippen molar-refractivity contribution in [3.8, 4) is 0 Å². The van der Waals surface area contributed by atoms with E-state index in [1.165, 1.54) is 0 Å². The van der Waals surface area contributed by atoms with E-state index < -0.39 is 23.1 Å². The highest BCUT2D eigenvalue weighted by Crippen LogP contribution is 2.20. The quantitative estimate of drug-likeness (QED) is 0.852. The molecule has 0 saturated heterocycles. The topological polar surface area (TPSA) is 64.3 Å². The van der Waals surface area contributed by atoms with Gasteiger partial charge in [0.2, 0.25) is 0 Å². The van der Waals surface area contributed by atoms with E-state index >= 15 is 0 Å². The first-order valence-corrected chi connectivity index (χ1v) is 6.15. The fraction of sp³-hybridized carbons (Fsp3) is 0.133. The number of hydrogen-bond acceptors (Lipinski definition) is 3. The summed E-state index contributed by atoms with van der Waals surface area (Å²) in [5.74, 6) is -2.93. The lowest BCUT2D eigenvalue weighted by Gasteiger charge is -2.09. The number of amides is 1. The van der Waals surface area contributed by atoms with E-state index in [-0.39, 0.29) is 5.69 Å². The highest BCUT2D eigenvalue weighted by Gasteiger charge is 2.19. The van der Waals surface area contributed by atoms with Crippen LogP contribution in [0.3, 0.4) is 0 Å². The van der Waals surface area contributed by atoms with Crippen LogP contribution in [0, 0.1) is 11.6 Å². The van der Waals surface area contributed by atoms with Crippen LogP contribution in [-0.4, -0.2) is 13.0 Å². The molecule has 2 aromatic carbocycles. The number of nitrogens with two attached hydrogens (primary N) is 1. The Hall–Kier alpha value is -2.47. The molecule has 0 radical (unpaired) electrons. The summed E-state index contributed by atoms with van der Waals surface area (Å²) in [6.07, 6.45) is 0. The fourth-order valence-corrected chi connectivity index (χ4v) is 1.88. The lowest BCUT2D eigenvalue weighted by molar-refractivity contribution is 0.101. The molecule has 110 valence electrons. The molecule has 21 heavy (non-hydrogen) atoms. The molecule has 0 aliphatic rings. The normalized spacial score (nSPS) is 10.4. The number of halogens is 2. The van der Waals surface area contributed by atoms with E-state index in [2.05, 4.69) is 5.32 Å². The maximum atomic E-state index is 13.8. The summed E-state index contributed by atoms with van der Waals surface area (Å²) >= 11 is 0. The molecule has 0 fully saturated rings. The van der Waals surface area contributed by atoms with Crippen LogP contribution in [0.4, 0.5) is 20.2 Å². The summed E-state index contributed by atoms with van der Waals surface area (Å²) in [4.78, 5) is 12.0. The van der Waals surface area contributed by atoms with Crippen LogP contribution in [0.25, 0.3) is 0 Å². The van der Waals surface area contributed by atoms with Gasteiger partial charge in [-0.3, -0.25) is 4.79 Å². The number of benzene rings is 2. The van der Waals surface area contributed by atoms with Crippen molar-refractivity contribution in [2.24, 2.45) is 0 Å². The van der Waals surface area contributed by atoms with Crippen molar-refractivity contribution in [3.05, 3.63) is 59.2 Å². The van der Waals surface area contributed by atoms with Crippen LogP contribution in [0.2, 0.25) is 0 Å². The Morgan fingerprint density at radius 2 is 2.05 bits per heavy atom. The molecular weight excluding hydrogens is 278 g/mol. The minimum absolute atomic E-state index is 0.283. The monoisotopic (exact) mass is 292 g/mol. The molecule has 4 nitrogen and oxygen atoms in total. The number of carbonyl (C=O) groups is 1. The average Bonchev–Trinajstić information content (AvgIpc) is 2.44. The van der Waals surface area contributed by atoms with Gasteiger partial charge in [0.1, 0.15) is 11.4 Å². The van der Waals surface area contributed by atoms with Crippen LogP contribution in [0.15, 0.2) is 36.4 Å². The van der Waals surface area contributed by atoms with Crippen LogP contribution in [-0.2, 0) is 11.3 Å². The van der Waals surface area contributed by atoms with Crippen molar-refractivity contribution in [1.29, 1.82) is 0 Å². The van der Waals surface area contributed by atoms with E-state index in [0.29, 0.717) is 12.3 Å². The highest BCUT2D eigenvalue weighted by molar-refractivity contribution is 6.05. The standard InChI is InChI=1S/C15H14F2N2O2/c1-21-8-9-3-2-4-10(7-9)19-15(20)13-11(16)5-6-12(18)14(13)17/h2-7H,8,18H2,1H3,(H,19,20). The predicted molar refractivity (Wildman–Crippen MR) is 75.9 cm³/mol. The molecule has 0 bridgehead atoms. The molecule has 6 heteroatoms. The predicted octanol–water partition coefficient (Wildman–Crippen LogP) is 2.95. The molecule has 0 aliphatic carbocycles. The molecule has 0 saturated carbocycles. The zero-order valence-corrected chi connectivity index (χ0v) is 11.3.